The van der Waals surface area contributed by atoms with Crippen molar-refractivity contribution in [2.75, 3.05) is 13.1 Å². The van der Waals surface area contributed by atoms with Gasteiger partial charge in [-0.15, -0.1) is 0 Å². The molecule has 1 atom stereocenters. The van der Waals surface area contributed by atoms with Gasteiger partial charge in [-0.2, -0.15) is 0 Å². The Labute approximate surface area is 124 Å². The maximum absolute atomic E-state index is 11.8. The maximum atomic E-state index is 11.8. The standard InChI is InChI=1S/C15H23N3O3/c1-10(2)14(20)17-7-8-18-15(21)13(16)9-11-3-5-12(19)6-4-11/h3-6,10,13,19H,7-9,16H2,1-2H3,(H,17,20)(H,18,21)/t13-/m0/s1. The number of rotatable bonds is 7. The fourth-order valence-electron chi connectivity index (χ4n) is 1.69. The predicted molar refractivity (Wildman–Crippen MR) is 80.6 cm³/mol. The van der Waals surface area contributed by atoms with Crippen molar-refractivity contribution in [1.29, 1.82) is 0 Å². The second-order valence-electron chi connectivity index (χ2n) is 5.21. The van der Waals surface area contributed by atoms with Gasteiger partial charge in [-0.25, -0.2) is 0 Å². The molecule has 2 amide bonds. The Balaban J connectivity index is 2.28. The second-order valence-corrected chi connectivity index (χ2v) is 5.21. The SMILES string of the molecule is CC(C)C(=O)NCCNC(=O)[C@@H](N)Cc1ccc(O)cc1. The summed E-state index contributed by atoms with van der Waals surface area (Å²) in [6.45, 7) is 4.35. The number of aromatic hydroxyl groups is 1. The number of phenols is 1. The Hall–Kier alpha value is -2.08. The Morgan fingerprint density at radius 1 is 1.10 bits per heavy atom. The van der Waals surface area contributed by atoms with E-state index in [2.05, 4.69) is 10.6 Å². The molecular weight excluding hydrogens is 270 g/mol. The first-order chi connectivity index (χ1) is 9.90. The van der Waals surface area contributed by atoms with Crippen molar-refractivity contribution in [2.45, 2.75) is 26.3 Å². The first kappa shape index (κ1) is 17.0. The van der Waals surface area contributed by atoms with Gasteiger partial charge in [0, 0.05) is 19.0 Å². The Morgan fingerprint density at radius 3 is 2.14 bits per heavy atom. The van der Waals surface area contributed by atoms with Crippen LogP contribution in [0.1, 0.15) is 19.4 Å². The topological polar surface area (TPSA) is 104 Å². The minimum absolute atomic E-state index is 0.0439. The van der Waals surface area contributed by atoms with Gasteiger partial charge in [0.25, 0.3) is 0 Å². The average Bonchev–Trinajstić information content (AvgIpc) is 2.45. The van der Waals surface area contributed by atoms with Crippen LogP contribution in [0.2, 0.25) is 0 Å². The van der Waals surface area contributed by atoms with Crippen molar-refractivity contribution in [3.8, 4) is 5.75 Å². The van der Waals surface area contributed by atoms with E-state index in [0.29, 0.717) is 19.5 Å². The van der Waals surface area contributed by atoms with Gasteiger partial charge in [-0.3, -0.25) is 9.59 Å². The summed E-state index contributed by atoms with van der Waals surface area (Å²) in [5, 5.41) is 14.6. The number of nitrogens with one attached hydrogen (secondary N) is 2. The maximum Gasteiger partial charge on any atom is 0.237 e. The molecule has 1 rings (SSSR count). The van der Waals surface area contributed by atoms with E-state index in [-0.39, 0.29) is 23.5 Å². The summed E-state index contributed by atoms with van der Waals surface area (Å²) in [7, 11) is 0. The Bertz CT molecular complexity index is 472. The number of carbonyl (C=O) groups excluding carboxylic acids is 2. The number of amides is 2. The third-order valence-electron chi connectivity index (χ3n) is 2.98. The van der Waals surface area contributed by atoms with Gasteiger partial charge < -0.3 is 21.5 Å². The van der Waals surface area contributed by atoms with E-state index in [4.69, 9.17) is 5.73 Å². The van der Waals surface area contributed by atoms with Crippen molar-refractivity contribution in [3.63, 3.8) is 0 Å². The van der Waals surface area contributed by atoms with E-state index in [9.17, 15) is 14.7 Å². The smallest absolute Gasteiger partial charge is 0.237 e. The number of hydrogen-bond donors (Lipinski definition) is 4. The van der Waals surface area contributed by atoms with Gasteiger partial charge in [0.2, 0.25) is 11.8 Å². The third kappa shape index (κ3) is 6.27. The van der Waals surface area contributed by atoms with Crippen molar-refractivity contribution >= 4 is 11.8 Å². The summed E-state index contributed by atoms with van der Waals surface area (Å²) in [5.74, 6) is -0.199. The van der Waals surface area contributed by atoms with Crippen LogP contribution in [0.15, 0.2) is 24.3 Å². The molecule has 6 nitrogen and oxygen atoms in total. The normalized spacial score (nSPS) is 12.0. The highest BCUT2D eigenvalue weighted by Gasteiger charge is 2.13. The summed E-state index contributed by atoms with van der Waals surface area (Å²) >= 11 is 0. The molecule has 1 aromatic rings. The van der Waals surface area contributed by atoms with Crippen molar-refractivity contribution in [2.24, 2.45) is 11.7 Å². The molecule has 0 aliphatic carbocycles. The van der Waals surface area contributed by atoms with Crippen molar-refractivity contribution < 1.29 is 14.7 Å². The van der Waals surface area contributed by atoms with Crippen LogP contribution in [-0.2, 0) is 16.0 Å². The largest absolute Gasteiger partial charge is 0.508 e. The zero-order valence-corrected chi connectivity index (χ0v) is 12.4. The summed E-state index contributed by atoms with van der Waals surface area (Å²) < 4.78 is 0. The molecule has 0 heterocycles. The average molecular weight is 293 g/mol. The molecule has 6 heteroatoms. The molecule has 1 aromatic carbocycles. The molecule has 0 radical (unpaired) electrons. The molecule has 0 unspecified atom stereocenters. The van der Waals surface area contributed by atoms with E-state index in [1.54, 1.807) is 24.3 Å². The summed E-state index contributed by atoms with van der Waals surface area (Å²) in [6.07, 6.45) is 0.393. The molecule has 0 bridgehead atoms. The molecule has 116 valence electrons. The zero-order chi connectivity index (χ0) is 15.8. The lowest BCUT2D eigenvalue weighted by molar-refractivity contribution is -0.125. The molecule has 0 fully saturated rings. The summed E-state index contributed by atoms with van der Waals surface area (Å²) in [5.41, 5.74) is 6.69. The van der Waals surface area contributed by atoms with Gasteiger partial charge in [0.05, 0.1) is 6.04 Å². The van der Waals surface area contributed by atoms with Crippen LogP contribution in [0.3, 0.4) is 0 Å². The van der Waals surface area contributed by atoms with Crippen LogP contribution in [0.4, 0.5) is 0 Å². The molecule has 0 aromatic heterocycles. The van der Waals surface area contributed by atoms with Gasteiger partial charge >= 0.3 is 0 Å². The van der Waals surface area contributed by atoms with Crippen LogP contribution < -0.4 is 16.4 Å². The van der Waals surface area contributed by atoms with E-state index in [1.165, 1.54) is 0 Å². The third-order valence-corrected chi connectivity index (χ3v) is 2.98. The van der Waals surface area contributed by atoms with E-state index >= 15 is 0 Å². The Kier molecular flexibility index (Phi) is 6.68. The quantitative estimate of drug-likeness (QED) is 0.537. The number of phenolic OH excluding ortho intramolecular Hbond substituents is 1. The fraction of sp³-hybridized carbons (Fsp3) is 0.467. The van der Waals surface area contributed by atoms with Gasteiger partial charge in [-0.1, -0.05) is 26.0 Å². The monoisotopic (exact) mass is 293 g/mol. The van der Waals surface area contributed by atoms with Gasteiger partial charge in [0.1, 0.15) is 5.75 Å². The first-order valence-electron chi connectivity index (χ1n) is 6.99. The predicted octanol–water partition coefficient (Wildman–Crippen LogP) is 0.150. The van der Waals surface area contributed by atoms with Crippen LogP contribution in [0.25, 0.3) is 0 Å². The van der Waals surface area contributed by atoms with Gasteiger partial charge in [0.15, 0.2) is 0 Å². The van der Waals surface area contributed by atoms with Crippen LogP contribution >= 0.6 is 0 Å². The highest BCUT2D eigenvalue weighted by atomic mass is 16.3. The molecule has 0 aliphatic rings. The minimum Gasteiger partial charge on any atom is -0.508 e. The molecular formula is C15H23N3O3. The second kappa shape index (κ2) is 8.26. The lowest BCUT2D eigenvalue weighted by Gasteiger charge is -2.13. The zero-order valence-electron chi connectivity index (χ0n) is 12.4. The highest BCUT2D eigenvalue weighted by molar-refractivity contribution is 5.82. The van der Waals surface area contributed by atoms with Gasteiger partial charge in [-0.05, 0) is 24.1 Å². The first-order valence-corrected chi connectivity index (χ1v) is 6.99. The lowest BCUT2D eigenvalue weighted by atomic mass is 10.1. The van der Waals surface area contributed by atoms with E-state index < -0.39 is 6.04 Å². The minimum atomic E-state index is -0.657. The molecule has 0 saturated carbocycles. The lowest BCUT2D eigenvalue weighted by Crippen LogP contribution is -2.44. The number of benzene rings is 1. The van der Waals surface area contributed by atoms with Crippen LogP contribution in [-0.4, -0.2) is 36.1 Å². The summed E-state index contributed by atoms with van der Waals surface area (Å²) in [6, 6.07) is 5.91. The fourth-order valence-corrected chi connectivity index (χ4v) is 1.69. The molecule has 21 heavy (non-hydrogen) atoms. The Morgan fingerprint density at radius 2 is 1.62 bits per heavy atom. The summed E-state index contributed by atoms with van der Waals surface area (Å²) in [4.78, 5) is 23.1. The van der Waals surface area contributed by atoms with Crippen LogP contribution in [0.5, 0.6) is 5.75 Å². The van der Waals surface area contributed by atoms with E-state index in [0.717, 1.165) is 5.56 Å². The van der Waals surface area contributed by atoms with Crippen molar-refractivity contribution in [1.82, 2.24) is 10.6 Å². The van der Waals surface area contributed by atoms with Crippen molar-refractivity contribution in [3.05, 3.63) is 29.8 Å². The highest BCUT2D eigenvalue weighted by Crippen LogP contribution is 2.10. The molecule has 0 saturated heterocycles. The number of carbonyl (C=O) groups is 2. The number of hydrogen-bond acceptors (Lipinski definition) is 4. The van der Waals surface area contributed by atoms with Crippen LogP contribution in [0, 0.1) is 5.92 Å². The molecule has 5 N–H and O–H groups in total. The molecule has 0 aliphatic heterocycles. The van der Waals surface area contributed by atoms with E-state index in [1.807, 2.05) is 13.8 Å². The molecule has 0 spiro atoms. The number of nitrogens with two attached hydrogens (primary N) is 1.